The van der Waals surface area contributed by atoms with Crippen LogP contribution in [0.5, 0.6) is 0 Å². The number of nitrogens with zero attached hydrogens (tertiary/aromatic N) is 2. The Hall–Kier alpha value is -2.30. The lowest BCUT2D eigenvalue weighted by atomic mass is 10.2. The lowest BCUT2D eigenvalue weighted by Crippen LogP contribution is -2.23. The number of anilines is 1. The summed E-state index contributed by atoms with van der Waals surface area (Å²) in [6.07, 6.45) is 4.09. The van der Waals surface area contributed by atoms with Crippen LogP contribution in [-0.4, -0.2) is 35.9 Å². The largest absolute Gasteiger partial charge is 0.469 e. The number of aromatic nitrogens is 1. The van der Waals surface area contributed by atoms with Crippen molar-refractivity contribution in [1.29, 1.82) is 0 Å². The first kappa shape index (κ1) is 14.1. The van der Waals surface area contributed by atoms with E-state index in [0.717, 1.165) is 17.9 Å². The number of carbonyl (C=O) groups is 1. The number of hydrogen-bond donors (Lipinski definition) is 1. The minimum Gasteiger partial charge on any atom is -0.469 e. The van der Waals surface area contributed by atoms with E-state index in [-0.39, 0.29) is 11.9 Å². The average Bonchev–Trinajstić information content (AvgIpc) is 2.90. The van der Waals surface area contributed by atoms with Gasteiger partial charge in [-0.15, -0.1) is 0 Å². The van der Waals surface area contributed by atoms with Crippen LogP contribution in [0.3, 0.4) is 0 Å². The number of rotatable bonds is 5. The van der Waals surface area contributed by atoms with Gasteiger partial charge in [0.2, 0.25) is 0 Å². The highest BCUT2D eigenvalue weighted by Gasteiger charge is 2.11. The molecule has 0 spiro atoms. The lowest BCUT2D eigenvalue weighted by molar-refractivity contribution is 0.0822. The summed E-state index contributed by atoms with van der Waals surface area (Å²) in [5.74, 6) is 0.830. The fourth-order valence-corrected chi connectivity index (χ4v) is 1.93. The summed E-state index contributed by atoms with van der Waals surface area (Å²) in [4.78, 5) is 17.5. The molecular weight excluding hydrogens is 254 g/mol. The summed E-state index contributed by atoms with van der Waals surface area (Å²) in [6, 6.07) is 7.64. The second-order valence-electron chi connectivity index (χ2n) is 4.96. The van der Waals surface area contributed by atoms with E-state index < -0.39 is 0 Å². The number of nitrogens with one attached hydrogen (secondary N) is 1. The van der Waals surface area contributed by atoms with E-state index in [2.05, 4.69) is 17.2 Å². The fraction of sp³-hybridized carbons (Fsp3) is 0.333. The first-order valence-corrected chi connectivity index (χ1v) is 6.53. The normalized spacial score (nSPS) is 11.9. The monoisotopic (exact) mass is 273 g/mol. The molecule has 20 heavy (non-hydrogen) atoms. The average molecular weight is 273 g/mol. The van der Waals surface area contributed by atoms with E-state index in [1.165, 1.54) is 4.90 Å². The maximum Gasteiger partial charge on any atom is 0.272 e. The minimum absolute atomic E-state index is 0.104. The molecule has 0 saturated heterocycles. The summed E-state index contributed by atoms with van der Waals surface area (Å²) < 4.78 is 5.32. The molecular formula is C15H19N3O2. The summed E-state index contributed by atoms with van der Waals surface area (Å²) in [5, 5.41) is 3.34. The SMILES string of the molecule is CC(Cc1ccco1)Nc1ccnc(C(=O)N(C)C)c1. The molecule has 2 aromatic heterocycles. The van der Waals surface area contributed by atoms with Gasteiger partial charge >= 0.3 is 0 Å². The number of pyridine rings is 1. The van der Waals surface area contributed by atoms with Gasteiger partial charge in [-0.2, -0.15) is 0 Å². The van der Waals surface area contributed by atoms with E-state index in [4.69, 9.17) is 4.42 Å². The molecule has 0 aliphatic rings. The minimum atomic E-state index is -0.104. The van der Waals surface area contributed by atoms with E-state index in [9.17, 15) is 4.79 Å². The molecule has 1 N–H and O–H groups in total. The number of hydrogen-bond acceptors (Lipinski definition) is 4. The molecule has 0 fully saturated rings. The molecule has 0 aliphatic heterocycles. The van der Waals surface area contributed by atoms with Gasteiger partial charge in [-0.1, -0.05) is 0 Å². The molecule has 106 valence electrons. The molecule has 2 rings (SSSR count). The summed E-state index contributed by atoms with van der Waals surface area (Å²) in [7, 11) is 3.42. The van der Waals surface area contributed by atoms with E-state index in [1.54, 1.807) is 32.6 Å². The molecule has 5 heteroatoms. The standard InChI is InChI=1S/C15H19N3O2/c1-11(9-13-5-4-8-20-13)17-12-6-7-16-14(10-12)15(19)18(2)3/h4-8,10-11H,9H2,1-3H3,(H,16,17). The summed E-state index contributed by atoms with van der Waals surface area (Å²) in [5.41, 5.74) is 1.31. The van der Waals surface area contributed by atoms with Gasteiger partial charge in [0, 0.05) is 38.4 Å². The van der Waals surface area contributed by atoms with Crippen molar-refractivity contribution in [2.24, 2.45) is 0 Å². The van der Waals surface area contributed by atoms with Crippen molar-refractivity contribution in [3.8, 4) is 0 Å². The van der Waals surface area contributed by atoms with Crippen LogP contribution in [0.2, 0.25) is 0 Å². The molecule has 1 amide bonds. The molecule has 5 nitrogen and oxygen atoms in total. The molecule has 0 radical (unpaired) electrons. The summed E-state index contributed by atoms with van der Waals surface area (Å²) in [6.45, 7) is 2.07. The van der Waals surface area contributed by atoms with Crippen LogP contribution >= 0.6 is 0 Å². The molecule has 1 unspecified atom stereocenters. The molecule has 2 aromatic rings. The van der Waals surface area contributed by atoms with Crippen molar-refractivity contribution in [2.45, 2.75) is 19.4 Å². The Morgan fingerprint density at radius 3 is 2.90 bits per heavy atom. The highest BCUT2D eigenvalue weighted by Crippen LogP contribution is 2.13. The van der Waals surface area contributed by atoms with Crippen molar-refractivity contribution in [3.05, 3.63) is 48.2 Å². The van der Waals surface area contributed by atoms with Crippen molar-refractivity contribution in [1.82, 2.24) is 9.88 Å². The van der Waals surface area contributed by atoms with E-state index >= 15 is 0 Å². The van der Waals surface area contributed by atoms with Gasteiger partial charge in [0.1, 0.15) is 11.5 Å². The quantitative estimate of drug-likeness (QED) is 0.909. The predicted molar refractivity (Wildman–Crippen MR) is 77.8 cm³/mol. The molecule has 0 aliphatic carbocycles. The van der Waals surface area contributed by atoms with Crippen LogP contribution in [0.4, 0.5) is 5.69 Å². The van der Waals surface area contributed by atoms with Gasteiger partial charge in [0.05, 0.1) is 6.26 Å². The van der Waals surface area contributed by atoms with Crippen LogP contribution in [-0.2, 0) is 6.42 Å². The lowest BCUT2D eigenvalue weighted by Gasteiger charge is -2.15. The van der Waals surface area contributed by atoms with Crippen LogP contribution in [0.15, 0.2) is 41.1 Å². The van der Waals surface area contributed by atoms with E-state index in [1.807, 2.05) is 18.2 Å². The highest BCUT2D eigenvalue weighted by atomic mass is 16.3. The third kappa shape index (κ3) is 3.60. The van der Waals surface area contributed by atoms with Gasteiger partial charge in [-0.05, 0) is 31.2 Å². The van der Waals surface area contributed by atoms with E-state index in [0.29, 0.717) is 5.69 Å². The molecule has 1 atom stereocenters. The Balaban J connectivity index is 2.02. The number of carbonyl (C=O) groups excluding carboxylic acids is 1. The van der Waals surface area contributed by atoms with Crippen molar-refractivity contribution in [2.75, 3.05) is 19.4 Å². The first-order valence-electron chi connectivity index (χ1n) is 6.53. The van der Waals surface area contributed by atoms with Gasteiger partial charge in [-0.25, -0.2) is 0 Å². The fourth-order valence-electron chi connectivity index (χ4n) is 1.93. The Morgan fingerprint density at radius 1 is 1.45 bits per heavy atom. The molecule has 0 saturated carbocycles. The van der Waals surface area contributed by atoms with Crippen LogP contribution in [0.1, 0.15) is 23.2 Å². The van der Waals surface area contributed by atoms with Gasteiger partial charge in [0.15, 0.2) is 0 Å². The second kappa shape index (κ2) is 6.23. The van der Waals surface area contributed by atoms with Crippen molar-refractivity contribution < 1.29 is 9.21 Å². The zero-order chi connectivity index (χ0) is 14.5. The zero-order valence-corrected chi connectivity index (χ0v) is 12.0. The van der Waals surface area contributed by atoms with Crippen LogP contribution in [0, 0.1) is 0 Å². The van der Waals surface area contributed by atoms with Gasteiger partial charge in [0.25, 0.3) is 5.91 Å². The summed E-state index contributed by atoms with van der Waals surface area (Å²) >= 11 is 0. The van der Waals surface area contributed by atoms with Crippen LogP contribution in [0.25, 0.3) is 0 Å². The first-order chi connectivity index (χ1) is 9.56. The maximum absolute atomic E-state index is 11.9. The Kier molecular flexibility index (Phi) is 4.40. The maximum atomic E-state index is 11.9. The molecule has 0 aromatic carbocycles. The Labute approximate surface area is 118 Å². The van der Waals surface area contributed by atoms with Gasteiger partial charge in [-0.3, -0.25) is 9.78 Å². The smallest absolute Gasteiger partial charge is 0.272 e. The third-order valence-electron chi connectivity index (χ3n) is 2.89. The highest BCUT2D eigenvalue weighted by molar-refractivity contribution is 5.92. The van der Waals surface area contributed by atoms with Crippen LogP contribution < -0.4 is 5.32 Å². The van der Waals surface area contributed by atoms with Gasteiger partial charge < -0.3 is 14.6 Å². The Bertz CT molecular complexity index is 564. The van der Waals surface area contributed by atoms with Crippen molar-refractivity contribution >= 4 is 11.6 Å². The number of furan rings is 1. The third-order valence-corrected chi connectivity index (χ3v) is 2.89. The second-order valence-corrected chi connectivity index (χ2v) is 4.96. The number of amides is 1. The predicted octanol–water partition coefficient (Wildman–Crippen LogP) is 2.42. The zero-order valence-electron chi connectivity index (χ0n) is 12.0. The Morgan fingerprint density at radius 2 is 2.25 bits per heavy atom. The molecule has 2 heterocycles. The molecule has 0 bridgehead atoms. The van der Waals surface area contributed by atoms with Crippen molar-refractivity contribution in [3.63, 3.8) is 0 Å². The topological polar surface area (TPSA) is 58.4 Å².